The largest absolute Gasteiger partial charge is 0.497 e. The normalized spacial score (nSPS) is 15.5. The quantitative estimate of drug-likeness (QED) is 0.457. The first-order valence-electron chi connectivity index (χ1n) is 10.7. The highest BCUT2D eigenvalue weighted by atomic mass is 35.5. The average Bonchev–Trinajstić information content (AvgIpc) is 3.14. The number of carbonyl (C=O) groups excluding carboxylic acids is 1. The topological polar surface area (TPSA) is 56.6 Å². The Hall–Kier alpha value is -2.57. The monoisotopic (exact) mass is 441 g/mol. The van der Waals surface area contributed by atoms with E-state index in [2.05, 4.69) is 15.6 Å². The minimum atomic E-state index is -0.000944. The summed E-state index contributed by atoms with van der Waals surface area (Å²) in [6.07, 6.45) is 3.88. The molecule has 0 unspecified atom stereocenters. The standard InChI is InChI=1S/C24H27N3O3.ClH/c1-15-11-17-21-19(12-15)27(10-9-26-7-5-4-6-8-26)25-23(21)22-18(24(17)28)13-16(29-2)14-20(22)30-3;/h11-14H,4-10H2,1-3H3;1H. The first kappa shape index (κ1) is 21.7. The van der Waals surface area contributed by atoms with Crippen LogP contribution in [-0.2, 0) is 6.54 Å². The summed E-state index contributed by atoms with van der Waals surface area (Å²) in [5.41, 5.74) is 4.98. The summed E-state index contributed by atoms with van der Waals surface area (Å²) < 4.78 is 13.1. The minimum Gasteiger partial charge on any atom is -0.497 e. The van der Waals surface area contributed by atoms with E-state index in [1.165, 1.54) is 19.3 Å². The van der Waals surface area contributed by atoms with Crippen LogP contribution in [0.15, 0.2) is 24.3 Å². The number of fused-ring (bicyclic) bond motifs is 2. The van der Waals surface area contributed by atoms with Crippen LogP contribution < -0.4 is 9.47 Å². The van der Waals surface area contributed by atoms with Gasteiger partial charge in [0, 0.05) is 29.1 Å². The van der Waals surface area contributed by atoms with Gasteiger partial charge in [0.1, 0.15) is 17.2 Å². The van der Waals surface area contributed by atoms with Gasteiger partial charge in [-0.2, -0.15) is 5.10 Å². The molecule has 1 fully saturated rings. The van der Waals surface area contributed by atoms with Crippen LogP contribution in [0.5, 0.6) is 11.5 Å². The molecule has 0 atom stereocenters. The fraction of sp³-hybridized carbons (Fsp3) is 0.417. The lowest BCUT2D eigenvalue weighted by atomic mass is 9.86. The fourth-order valence-corrected chi connectivity index (χ4v) is 4.83. The number of carbonyl (C=O) groups is 1. The number of hydrogen-bond acceptors (Lipinski definition) is 5. The van der Waals surface area contributed by atoms with Gasteiger partial charge in [-0.05, 0) is 56.6 Å². The van der Waals surface area contributed by atoms with Crippen LogP contribution in [-0.4, -0.2) is 54.3 Å². The van der Waals surface area contributed by atoms with Crippen LogP contribution in [0.4, 0.5) is 0 Å². The number of benzene rings is 2. The second kappa shape index (κ2) is 8.52. The molecule has 2 heterocycles. The Balaban J connectivity index is 0.00000231. The molecule has 0 N–H and O–H groups in total. The number of nitrogens with zero attached hydrogens (tertiary/aromatic N) is 3. The lowest BCUT2D eigenvalue weighted by molar-refractivity contribution is 0.103. The van der Waals surface area contributed by atoms with E-state index in [0.717, 1.165) is 53.9 Å². The zero-order valence-corrected chi connectivity index (χ0v) is 19.1. The third kappa shape index (κ3) is 3.58. The minimum absolute atomic E-state index is 0. The van der Waals surface area contributed by atoms with Gasteiger partial charge in [0.25, 0.3) is 0 Å². The van der Waals surface area contributed by atoms with Crippen molar-refractivity contribution < 1.29 is 14.3 Å². The van der Waals surface area contributed by atoms with Crippen LogP contribution in [0.3, 0.4) is 0 Å². The molecule has 2 aliphatic rings. The first-order chi connectivity index (χ1) is 14.6. The van der Waals surface area contributed by atoms with Gasteiger partial charge in [0.05, 0.1) is 31.8 Å². The Labute approximate surface area is 188 Å². The second-order valence-electron chi connectivity index (χ2n) is 8.26. The number of methoxy groups -OCH3 is 2. The van der Waals surface area contributed by atoms with Gasteiger partial charge in [-0.3, -0.25) is 9.48 Å². The molecular weight excluding hydrogens is 414 g/mol. The molecule has 3 aromatic rings. The van der Waals surface area contributed by atoms with Gasteiger partial charge in [0.2, 0.25) is 0 Å². The fourth-order valence-electron chi connectivity index (χ4n) is 4.83. The van der Waals surface area contributed by atoms with Crippen LogP contribution in [0.25, 0.3) is 22.2 Å². The van der Waals surface area contributed by atoms with E-state index >= 15 is 0 Å². The summed E-state index contributed by atoms with van der Waals surface area (Å²) >= 11 is 0. The van der Waals surface area contributed by atoms with Crippen molar-refractivity contribution >= 4 is 29.1 Å². The van der Waals surface area contributed by atoms with Gasteiger partial charge >= 0.3 is 0 Å². The van der Waals surface area contributed by atoms with Gasteiger partial charge < -0.3 is 14.4 Å². The Bertz CT molecular complexity index is 1150. The highest BCUT2D eigenvalue weighted by molar-refractivity contribution is 6.26. The molecule has 0 saturated carbocycles. The summed E-state index contributed by atoms with van der Waals surface area (Å²) in [6.45, 7) is 6.13. The number of hydrogen-bond donors (Lipinski definition) is 0. The van der Waals surface area contributed by atoms with Crippen molar-refractivity contribution in [3.63, 3.8) is 0 Å². The third-order valence-corrected chi connectivity index (χ3v) is 6.33. The number of rotatable bonds is 5. The lowest BCUT2D eigenvalue weighted by Gasteiger charge is -2.26. The molecule has 1 aliphatic carbocycles. The van der Waals surface area contributed by atoms with Crippen molar-refractivity contribution in [1.29, 1.82) is 0 Å². The molecular formula is C24H28ClN3O3. The number of halogens is 1. The summed E-state index contributed by atoms with van der Waals surface area (Å²) in [4.78, 5) is 16.0. The zero-order chi connectivity index (χ0) is 20.8. The van der Waals surface area contributed by atoms with E-state index in [0.29, 0.717) is 22.6 Å². The molecule has 6 nitrogen and oxygen atoms in total. The second-order valence-corrected chi connectivity index (χ2v) is 8.26. The molecule has 1 saturated heterocycles. The number of piperidine rings is 1. The van der Waals surface area contributed by atoms with Crippen molar-refractivity contribution in [2.24, 2.45) is 0 Å². The van der Waals surface area contributed by atoms with Crippen LogP contribution in [0, 0.1) is 6.92 Å². The van der Waals surface area contributed by atoms with Gasteiger partial charge in [0.15, 0.2) is 5.78 Å². The average molecular weight is 442 g/mol. The molecule has 0 amide bonds. The Kier molecular flexibility index (Phi) is 5.95. The third-order valence-electron chi connectivity index (χ3n) is 6.33. The van der Waals surface area contributed by atoms with Gasteiger partial charge in [-0.15, -0.1) is 12.4 Å². The SMILES string of the molecule is COc1cc(OC)c2c(c1)C(=O)c1cc(C)cc3c1c-2nn3CCN1CCCCC1.Cl. The maximum atomic E-state index is 13.4. The maximum Gasteiger partial charge on any atom is 0.194 e. The molecule has 164 valence electrons. The molecule has 5 rings (SSSR count). The van der Waals surface area contributed by atoms with E-state index in [4.69, 9.17) is 14.6 Å². The molecule has 1 aliphatic heterocycles. The molecule has 0 spiro atoms. The number of aromatic nitrogens is 2. The molecule has 7 heteroatoms. The van der Waals surface area contributed by atoms with E-state index in [9.17, 15) is 4.79 Å². The van der Waals surface area contributed by atoms with E-state index < -0.39 is 0 Å². The lowest BCUT2D eigenvalue weighted by Crippen LogP contribution is -2.32. The summed E-state index contributed by atoms with van der Waals surface area (Å²) in [5, 5.41) is 5.93. The predicted octanol–water partition coefficient (Wildman–Crippen LogP) is 4.48. The Morgan fingerprint density at radius 3 is 2.45 bits per heavy atom. The zero-order valence-electron chi connectivity index (χ0n) is 18.2. The number of aryl methyl sites for hydroxylation is 1. The van der Waals surface area contributed by atoms with Crippen molar-refractivity contribution in [3.8, 4) is 22.8 Å². The van der Waals surface area contributed by atoms with Crippen molar-refractivity contribution in [2.75, 3.05) is 33.9 Å². The molecule has 1 aromatic heterocycles. The number of ketones is 1. The Morgan fingerprint density at radius 1 is 0.968 bits per heavy atom. The first-order valence-corrected chi connectivity index (χ1v) is 10.7. The summed E-state index contributed by atoms with van der Waals surface area (Å²) in [6, 6.07) is 7.73. The van der Waals surface area contributed by atoms with Crippen LogP contribution in [0.1, 0.15) is 40.7 Å². The van der Waals surface area contributed by atoms with Crippen LogP contribution >= 0.6 is 12.4 Å². The highest BCUT2D eigenvalue weighted by Gasteiger charge is 2.32. The molecule has 0 radical (unpaired) electrons. The molecule has 31 heavy (non-hydrogen) atoms. The summed E-state index contributed by atoms with van der Waals surface area (Å²) in [5.74, 6) is 1.22. The predicted molar refractivity (Wildman–Crippen MR) is 124 cm³/mol. The van der Waals surface area contributed by atoms with E-state index in [-0.39, 0.29) is 18.2 Å². The van der Waals surface area contributed by atoms with E-state index in [1.54, 1.807) is 20.3 Å². The Morgan fingerprint density at radius 2 is 1.74 bits per heavy atom. The van der Waals surface area contributed by atoms with Gasteiger partial charge in [-0.1, -0.05) is 6.42 Å². The molecule has 2 aromatic carbocycles. The van der Waals surface area contributed by atoms with Crippen LogP contribution in [0.2, 0.25) is 0 Å². The smallest absolute Gasteiger partial charge is 0.194 e. The number of ether oxygens (including phenoxy) is 2. The van der Waals surface area contributed by atoms with Crippen molar-refractivity contribution in [3.05, 3.63) is 41.0 Å². The van der Waals surface area contributed by atoms with Crippen molar-refractivity contribution in [1.82, 2.24) is 14.7 Å². The molecule has 0 bridgehead atoms. The highest BCUT2D eigenvalue weighted by Crippen LogP contribution is 2.45. The summed E-state index contributed by atoms with van der Waals surface area (Å²) in [7, 11) is 3.22. The van der Waals surface area contributed by atoms with Gasteiger partial charge in [-0.25, -0.2) is 0 Å². The number of likely N-dealkylation sites (tertiary alicyclic amines) is 1. The maximum absolute atomic E-state index is 13.4. The van der Waals surface area contributed by atoms with E-state index in [1.807, 2.05) is 19.1 Å². The van der Waals surface area contributed by atoms with Crippen molar-refractivity contribution in [2.45, 2.75) is 32.7 Å².